The molecule has 5 nitrogen and oxygen atoms in total. The number of rotatable bonds is 3. The van der Waals surface area contributed by atoms with Crippen LogP contribution in [0.3, 0.4) is 0 Å². The second kappa shape index (κ2) is 5.48. The maximum absolute atomic E-state index is 13.3. The van der Waals surface area contributed by atoms with Gasteiger partial charge in [-0.2, -0.15) is 0 Å². The maximum Gasteiger partial charge on any atom is 0.237 e. The van der Waals surface area contributed by atoms with Crippen molar-refractivity contribution < 1.29 is 19.0 Å². The highest BCUT2D eigenvalue weighted by Gasteiger charge is 2.29. The molecular formula is C16H13FN2O3. The Morgan fingerprint density at radius 3 is 2.86 bits per heavy atom. The number of hydrogen-bond acceptors (Lipinski definition) is 4. The lowest BCUT2D eigenvalue weighted by Gasteiger charge is -2.04. The number of phenolic OH excluding ortho intramolecular Hbond substituents is 1. The van der Waals surface area contributed by atoms with Crippen LogP contribution in [0, 0.1) is 5.82 Å². The normalized spacial score (nSPS) is 16.6. The number of halogens is 1. The van der Waals surface area contributed by atoms with Gasteiger partial charge in [-0.15, -0.1) is 0 Å². The summed E-state index contributed by atoms with van der Waals surface area (Å²) in [7, 11) is 1.45. The zero-order chi connectivity index (χ0) is 15.7. The van der Waals surface area contributed by atoms with Gasteiger partial charge in [-0.25, -0.2) is 4.39 Å². The van der Waals surface area contributed by atoms with Crippen LogP contribution in [0.15, 0.2) is 41.4 Å². The van der Waals surface area contributed by atoms with Crippen LogP contribution >= 0.6 is 0 Å². The van der Waals surface area contributed by atoms with E-state index in [1.54, 1.807) is 12.1 Å². The molecule has 1 atom stereocenters. The Balaban J connectivity index is 1.89. The standard InChI is InChI=1S/C16H13FN2O3/c1-22-15-5-3-10(7-14(15)20)18-8-12-11-6-9(17)2-4-13(11)19-16(12)21/h2-8,12,20H,1H3,(H,19,21). The minimum absolute atomic E-state index is 0.0422. The first kappa shape index (κ1) is 14.1. The minimum Gasteiger partial charge on any atom is -0.504 e. The Morgan fingerprint density at radius 2 is 2.14 bits per heavy atom. The number of carbonyl (C=O) groups excluding carboxylic acids is 1. The molecule has 3 rings (SSSR count). The van der Waals surface area contributed by atoms with E-state index in [1.165, 1.54) is 37.6 Å². The number of phenols is 1. The van der Waals surface area contributed by atoms with Crippen molar-refractivity contribution in [3.05, 3.63) is 47.8 Å². The third-order valence-electron chi connectivity index (χ3n) is 3.42. The summed E-state index contributed by atoms with van der Waals surface area (Å²) < 4.78 is 18.3. The van der Waals surface area contributed by atoms with Crippen molar-refractivity contribution in [2.75, 3.05) is 12.4 Å². The molecule has 0 saturated heterocycles. The number of fused-ring (bicyclic) bond motifs is 1. The molecule has 1 aliphatic heterocycles. The van der Waals surface area contributed by atoms with E-state index in [9.17, 15) is 14.3 Å². The number of hydrogen-bond donors (Lipinski definition) is 2. The fraction of sp³-hybridized carbons (Fsp3) is 0.125. The van der Waals surface area contributed by atoms with Gasteiger partial charge in [0.05, 0.1) is 12.8 Å². The largest absolute Gasteiger partial charge is 0.504 e. The van der Waals surface area contributed by atoms with E-state index in [-0.39, 0.29) is 11.7 Å². The number of methoxy groups -OCH3 is 1. The van der Waals surface area contributed by atoms with E-state index in [2.05, 4.69) is 10.3 Å². The summed E-state index contributed by atoms with van der Waals surface area (Å²) in [5.74, 6) is -1.03. The van der Waals surface area contributed by atoms with Crippen molar-refractivity contribution in [1.82, 2.24) is 0 Å². The van der Waals surface area contributed by atoms with Gasteiger partial charge in [0.15, 0.2) is 11.5 Å². The zero-order valence-electron chi connectivity index (χ0n) is 11.7. The van der Waals surface area contributed by atoms with Gasteiger partial charge in [0.25, 0.3) is 0 Å². The molecule has 1 aliphatic rings. The minimum atomic E-state index is -0.657. The maximum atomic E-state index is 13.3. The predicted octanol–water partition coefficient (Wildman–Crippen LogP) is 2.98. The van der Waals surface area contributed by atoms with E-state index >= 15 is 0 Å². The quantitative estimate of drug-likeness (QED) is 0.856. The Kier molecular flexibility index (Phi) is 3.50. The molecule has 22 heavy (non-hydrogen) atoms. The summed E-state index contributed by atoms with van der Waals surface area (Å²) in [5.41, 5.74) is 1.60. The molecule has 0 fully saturated rings. The summed E-state index contributed by atoms with van der Waals surface area (Å²) in [6.45, 7) is 0. The summed E-state index contributed by atoms with van der Waals surface area (Å²) in [5, 5.41) is 12.4. The Bertz CT molecular complexity index is 774. The van der Waals surface area contributed by atoms with Crippen LogP contribution < -0.4 is 10.1 Å². The molecule has 0 aromatic heterocycles. The Hall–Kier alpha value is -2.89. The van der Waals surface area contributed by atoms with E-state index in [0.29, 0.717) is 22.7 Å². The Morgan fingerprint density at radius 1 is 1.32 bits per heavy atom. The van der Waals surface area contributed by atoms with Crippen LogP contribution in [0.2, 0.25) is 0 Å². The summed E-state index contributed by atoms with van der Waals surface area (Å²) in [4.78, 5) is 16.1. The van der Waals surface area contributed by atoms with Gasteiger partial charge in [-0.1, -0.05) is 0 Å². The number of ether oxygens (including phenoxy) is 1. The summed E-state index contributed by atoms with van der Waals surface area (Å²) >= 11 is 0. The van der Waals surface area contributed by atoms with Crippen molar-refractivity contribution in [2.24, 2.45) is 4.99 Å². The molecule has 112 valence electrons. The SMILES string of the molecule is COc1ccc(N=CC2C(=O)Nc3ccc(F)cc32)cc1O. The highest BCUT2D eigenvalue weighted by molar-refractivity contribution is 6.12. The number of aliphatic imine (C=N–C) groups is 1. The van der Waals surface area contributed by atoms with Crippen LogP contribution in [0.1, 0.15) is 11.5 Å². The third-order valence-corrected chi connectivity index (χ3v) is 3.42. The van der Waals surface area contributed by atoms with Gasteiger partial charge in [-0.05, 0) is 35.9 Å². The lowest BCUT2D eigenvalue weighted by molar-refractivity contribution is -0.115. The lowest BCUT2D eigenvalue weighted by Crippen LogP contribution is -2.12. The van der Waals surface area contributed by atoms with Crippen molar-refractivity contribution in [1.29, 1.82) is 0 Å². The van der Waals surface area contributed by atoms with E-state index in [4.69, 9.17) is 4.74 Å². The first-order valence-electron chi connectivity index (χ1n) is 6.60. The monoisotopic (exact) mass is 300 g/mol. The molecule has 0 bridgehead atoms. The number of amides is 1. The molecule has 0 radical (unpaired) electrons. The fourth-order valence-electron chi connectivity index (χ4n) is 2.32. The van der Waals surface area contributed by atoms with Gasteiger partial charge < -0.3 is 15.2 Å². The molecule has 0 aliphatic carbocycles. The number of nitrogens with zero attached hydrogens (tertiary/aromatic N) is 1. The number of carbonyl (C=O) groups is 1. The molecule has 2 N–H and O–H groups in total. The third kappa shape index (κ3) is 2.50. The lowest BCUT2D eigenvalue weighted by atomic mass is 10.0. The molecule has 0 saturated carbocycles. The number of aromatic hydroxyl groups is 1. The second-order valence-corrected chi connectivity index (χ2v) is 4.83. The average Bonchev–Trinajstić information content (AvgIpc) is 2.80. The molecule has 1 unspecified atom stereocenters. The van der Waals surface area contributed by atoms with Crippen molar-refractivity contribution in [2.45, 2.75) is 5.92 Å². The average molecular weight is 300 g/mol. The van der Waals surface area contributed by atoms with Crippen LogP contribution in [0.25, 0.3) is 0 Å². The molecule has 2 aromatic carbocycles. The van der Waals surface area contributed by atoms with Gasteiger partial charge in [0.1, 0.15) is 11.7 Å². The van der Waals surface area contributed by atoms with E-state index in [0.717, 1.165) is 0 Å². The molecule has 6 heteroatoms. The molecule has 1 heterocycles. The number of benzene rings is 2. The van der Waals surface area contributed by atoms with Crippen molar-refractivity contribution in [3.63, 3.8) is 0 Å². The first-order valence-corrected chi connectivity index (χ1v) is 6.60. The van der Waals surface area contributed by atoms with Crippen LogP contribution in [0.4, 0.5) is 15.8 Å². The predicted molar refractivity (Wildman–Crippen MR) is 80.6 cm³/mol. The molecule has 2 aromatic rings. The number of anilines is 1. The second-order valence-electron chi connectivity index (χ2n) is 4.83. The highest BCUT2D eigenvalue weighted by atomic mass is 19.1. The smallest absolute Gasteiger partial charge is 0.237 e. The fourth-order valence-corrected chi connectivity index (χ4v) is 2.32. The molecule has 1 amide bonds. The van der Waals surface area contributed by atoms with Gasteiger partial charge in [0, 0.05) is 18.0 Å². The zero-order valence-corrected chi connectivity index (χ0v) is 11.7. The van der Waals surface area contributed by atoms with Crippen molar-refractivity contribution in [3.8, 4) is 11.5 Å². The number of nitrogens with one attached hydrogen (secondary N) is 1. The van der Waals surface area contributed by atoms with Crippen LogP contribution in [-0.4, -0.2) is 24.3 Å². The van der Waals surface area contributed by atoms with E-state index in [1.807, 2.05) is 0 Å². The van der Waals surface area contributed by atoms with Crippen LogP contribution in [-0.2, 0) is 4.79 Å². The topological polar surface area (TPSA) is 70.9 Å². The first-order chi connectivity index (χ1) is 10.6. The molecular weight excluding hydrogens is 287 g/mol. The van der Waals surface area contributed by atoms with Crippen molar-refractivity contribution >= 4 is 23.5 Å². The summed E-state index contributed by atoms with van der Waals surface area (Å²) in [6, 6.07) is 8.78. The summed E-state index contributed by atoms with van der Waals surface area (Å²) in [6.07, 6.45) is 1.43. The van der Waals surface area contributed by atoms with Gasteiger partial charge in [0.2, 0.25) is 5.91 Å². The van der Waals surface area contributed by atoms with Gasteiger partial charge in [-0.3, -0.25) is 9.79 Å². The highest BCUT2D eigenvalue weighted by Crippen LogP contribution is 2.33. The van der Waals surface area contributed by atoms with E-state index < -0.39 is 11.7 Å². The Labute approximate surface area is 126 Å². The van der Waals surface area contributed by atoms with Crippen LogP contribution in [0.5, 0.6) is 11.5 Å². The molecule has 0 spiro atoms. The van der Waals surface area contributed by atoms with Gasteiger partial charge >= 0.3 is 0 Å².